The maximum absolute atomic E-state index is 13.9. The number of nitrogens with one attached hydrogen (secondary N) is 1. The summed E-state index contributed by atoms with van der Waals surface area (Å²) in [5, 5.41) is 2.19. The van der Waals surface area contributed by atoms with Crippen LogP contribution in [0.5, 0.6) is 0 Å². The van der Waals surface area contributed by atoms with Crippen LogP contribution in [-0.4, -0.2) is 18.4 Å². The first-order valence-electron chi connectivity index (χ1n) is 8.11. The SMILES string of the molecule is NC(=O)NCC(=O)C(CC1CCCC1)c1ccc(C(F)(F)F)c(F)c1. The lowest BCUT2D eigenvalue weighted by atomic mass is 9.84. The fraction of sp³-hybridized carbons (Fsp3) is 0.529. The maximum atomic E-state index is 13.9. The molecule has 0 heterocycles. The van der Waals surface area contributed by atoms with Crippen molar-refractivity contribution in [2.45, 2.75) is 44.2 Å². The second kappa shape index (κ2) is 7.84. The Bertz CT molecular complexity index is 640. The van der Waals surface area contributed by atoms with Gasteiger partial charge in [0.25, 0.3) is 0 Å². The maximum Gasteiger partial charge on any atom is 0.419 e. The second-order valence-corrected chi connectivity index (χ2v) is 6.36. The molecule has 2 amide bonds. The van der Waals surface area contributed by atoms with E-state index in [0.717, 1.165) is 37.8 Å². The van der Waals surface area contributed by atoms with E-state index in [2.05, 4.69) is 5.32 Å². The minimum absolute atomic E-state index is 0.189. The van der Waals surface area contributed by atoms with E-state index >= 15 is 0 Å². The lowest BCUT2D eigenvalue weighted by molar-refractivity contribution is -0.140. The predicted octanol–water partition coefficient (Wildman–Crippen LogP) is 3.75. The van der Waals surface area contributed by atoms with Gasteiger partial charge in [-0.2, -0.15) is 13.2 Å². The van der Waals surface area contributed by atoms with Crippen molar-refractivity contribution >= 4 is 11.8 Å². The fourth-order valence-corrected chi connectivity index (χ4v) is 3.31. The van der Waals surface area contributed by atoms with Gasteiger partial charge in [-0.3, -0.25) is 4.79 Å². The van der Waals surface area contributed by atoms with Gasteiger partial charge in [0.05, 0.1) is 12.1 Å². The topological polar surface area (TPSA) is 72.2 Å². The van der Waals surface area contributed by atoms with Crippen molar-refractivity contribution in [1.29, 1.82) is 0 Å². The Hall–Kier alpha value is -2.12. The van der Waals surface area contributed by atoms with Gasteiger partial charge >= 0.3 is 12.2 Å². The number of primary amides is 1. The van der Waals surface area contributed by atoms with E-state index in [-0.39, 0.29) is 18.0 Å². The van der Waals surface area contributed by atoms with E-state index < -0.39 is 35.3 Å². The smallest absolute Gasteiger partial charge is 0.352 e. The molecular formula is C17H20F4N2O2. The Kier molecular flexibility index (Phi) is 6.02. The zero-order valence-corrected chi connectivity index (χ0v) is 13.5. The van der Waals surface area contributed by atoms with Gasteiger partial charge in [0.15, 0.2) is 5.78 Å². The predicted molar refractivity (Wildman–Crippen MR) is 83.3 cm³/mol. The molecule has 0 radical (unpaired) electrons. The van der Waals surface area contributed by atoms with E-state index in [1.165, 1.54) is 0 Å². The van der Waals surface area contributed by atoms with E-state index in [1.807, 2.05) is 0 Å². The summed E-state index contributed by atoms with van der Waals surface area (Å²) in [5.41, 5.74) is 3.77. The largest absolute Gasteiger partial charge is 0.419 e. The molecular weight excluding hydrogens is 340 g/mol. The lowest BCUT2D eigenvalue weighted by Gasteiger charge is -2.21. The molecule has 1 aliphatic rings. The minimum Gasteiger partial charge on any atom is -0.352 e. The summed E-state index contributed by atoms with van der Waals surface area (Å²) in [6, 6.07) is 1.69. The monoisotopic (exact) mass is 360 g/mol. The van der Waals surface area contributed by atoms with Gasteiger partial charge in [-0.05, 0) is 30.0 Å². The molecule has 0 aliphatic heterocycles. The number of ketones is 1. The molecule has 2 rings (SSSR count). The van der Waals surface area contributed by atoms with Crippen LogP contribution < -0.4 is 11.1 Å². The third-order valence-electron chi connectivity index (χ3n) is 4.57. The van der Waals surface area contributed by atoms with Crippen LogP contribution in [0.2, 0.25) is 0 Å². The van der Waals surface area contributed by atoms with E-state index in [1.54, 1.807) is 0 Å². The molecule has 1 saturated carbocycles. The Balaban J connectivity index is 2.25. The van der Waals surface area contributed by atoms with Crippen LogP contribution in [0, 0.1) is 11.7 Å². The van der Waals surface area contributed by atoms with E-state index in [9.17, 15) is 27.2 Å². The zero-order chi connectivity index (χ0) is 18.6. The number of hydrogen-bond donors (Lipinski definition) is 2. The van der Waals surface area contributed by atoms with Crippen LogP contribution in [0.25, 0.3) is 0 Å². The highest BCUT2D eigenvalue weighted by Gasteiger charge is 2.35. The number of carbonyl (C=O) groups excluding carboxylic acids is 2. The standard InChI is InChI=1S/C17H20F4N2O2/c18-14-8-11(5-6-13(14)17(19,20)21)12(7-10-3-1-2-4-10)15(24)9-23-16(22)25/h5-6,8,10,12H,1-4,7,9H2,(H3,22,23,25). The number of halogens is 4. The number of alkyl halides is 3. The number of benzene rings is 1. The molecule has 138 valence electrons. The lowest BCUT2D eigenvalue weighted by Crippen LogP contribution is -2.36. The molecule has 1 fully saturated rings. The number of urea groups is 1. The van der Waals surface area contributed by atoms with Gasteiger partial charge in [-0.1, -0.05) is 31.7 Å². The highest BCUT2D eigenvalue weighted by molar-refractivity contribution is 5.90. The summed E-state index contributed by atoms with van der Waals surface area (Å²) >= 11 is 0. The summed E-state index contributed by atoms with van der Waals surface area (Å²) < 4.78 is 52.0. The Morgan fingerprint density at radius 3 is 2.40 bits per heavy atom. The molecule has 1 aromatic rings. The van der Waals surface area contributed by atoms with Gasteiger partial charge in [0.2, 0.25) is 0 Å². The first-order chi connectivity index (χ1) is 11.7. The Labute approximate surface area is 142 Å². The number of nitrogens with two attached hydrogens (primary N) is 1. The third kappa shape index (κ3) is 5.17. The molecule has 4 nitrogen and oxygen atoms in total. The molecule has 3 N–H and O–H groups in total. The number of hydrogen-bond acceptors (Lipinski definition) is 2. The summed E-state index contributed by atoms with van der Waals surface area (Å²) in [4.78, 5) is 23.2. The van der Waals surface area contributed by atoms with Gasteiger partial charge in [0, 0.05) is 5.92 Å². The fourth-order valence-electron chi connectivity index (χ4n) is 3.31. The van der Waals surface area contributed by atoms with Crippen molar-refractivity contribution in [3.05, 3.63) is 35.1 Å². The summed E-state index contributed by atoms with van der Waals surface area (Å²) in [7, 11) is 0. The molecule has 8 heteroatoms. The number of rotatable bonds is 6. The van der Waals surface area contributed by atoms with Gasteiger partial charge < -0.3 is 11.1 Å². The van der Waals surface area contributed by atoms with Crippen molar-refractivity contribution in [1.82, 2.24) is 5.32 Å². The number of Topliss-reactive ketones (excluding diaryl/α,β-unsaturated/α-hetero) is 1. The molecule has 0 saturated heterocycles. The highest BCUT2D eigenvalue weighted by Crippen LogP contribution is 2.37. The summed E-state index contributed by atoms with van der Waals surface area (Å²) in [6.45, 7) is -0.338. The first-order valence-corrected chi connectivity index (χ1v) is 8.11. The first kappa shape index (κ1) is 19.2. The van der Waals surface area contributed by atoms with Crippen LogP contribution in [0.3, 0.4) is 0 Å². The summed E-state index contributed by atoms with van der Waals surface area (Å²) in [6.07, 6.45) is -0.448. The van der Waals surface area contributed by atoms with Crippen LogP contribution in [0.15, 0.2) is 18.2 Å². The molecule has 1 aromatic carbocycles. The van der Waals surface area contributed by atoms with Gasteiger partial charge in [0.1, 0.15) is 5.82 Å². The Morgan fingerprint density at radius 1 is 1.24 bits per heavy atom. The number of carbonyl (C=O) groups is 2. The molecule has 0 bridgehead atoms. The van der Waals surface area contributed by atoms with Crippen molar-refractivity contribution in [2.24, 2.45) is 11.7 Å². The van der Waals surface area contributed by atoms with Crippen molar-refractivity contribution in [3.8, 4) is 0 Å². The third-order valence-corrected chi connectivity index (χ3v) is 4.57. The van der Waals surface area contributed by atoms with Gasteiger partial charge in [-0.25, -0.2) is 9.18 Å². The van der Waals surface area contributed by atoms with Gasteiger partial charge in [-0.15, -0.1) is 0 Å². The minimum atomic E-state index is -4.79. The second-order valence-electron chi connectivity index (χ2n) is 6.36. The van der Waals surface area contributed by atoms with Crippen LogP contribution in [0.1, 0.15) is 49.1 Å². The van der Waals surface area contributed by atoms with Crippen molar-refractivity contribution < 1.29 is 27.2 Å². The normalized spacial score (nSPS) is 16.6. The summed E-state index contributed by atoms with van der Waals surface area (Å²) in [5.74, 6) is -2.32. The Morgan fingerprint density at radius 2 is 1.88 bits per heavy atom. The molecule has 1 atom stereocenters. The molecule has 1 unspecified atom stereocenters. The van der Waals surface area contributed by atoms with Crippen LogP contribution >= 0.6 is 0 Å². The van der Waals surface area contributed by atoms with Crippen LogP contribution in [-0.2, 0) is 11.0 Å². The van der Waals surface area contributed by atoms with Crippen LogP contribution in [0.4, 0.5) is 22.4 Å². The highest BCUT2D eigenvalue weighted by atomic mass is 19.4. The average Bonchev–Trinajstić information content (AvgIpc) is 3.02. The van der Waals surface area contributed by atoms with Crippen molar-refractivity contribution in [2.75, 3.05) is 6.54 Å². The quantitative estimate of drug-likeness (QED) is 0.759. The number of amides is 2. The molecule has 0 spiro atoms. The molecule has 0 aromatic heterocycles. The van der Waals surface area contributed by atoms with Crippen molar-refractivity contribution in [3.63, 3.8) is 0 Å². The zero-order valence-electron chi connectivity index (χ0n) is 13.5. The molecule has 1 aliphatic carbocycles. The average molecular weight is 360 g/mol. The van der Waals surface area contributed by atoms with E-state index in [4.69, 9.17) is 5.73 Å². The van der Waals surface area contributed by atoms with E-state index in [0.29, 0.717) is 12.5 Å². The molecule has 25 heavy (non-hydrogen) atoms.